The van der Waals surface area contributed by atoms with Gasteiger partial charge in [-0.1, -0.05) is 30.2 Å². The van der Waals surface area contributed by atoms with E-state index in [0.717, 1.165) is 50.0 Å². The van der Waals surface area contributed by atoms with E-state index in [-0.39, 0.29) is 5.91 Å². The van der Waals surface area contributed by atoms with Gasteiger partial charge in [0.05, 0.1) is 5.41 Å². The van der Waals surface area contributed by atoms with Gasteiger partial charge in [-0.2, -0.15) is 0 Å². The number of carbonyl (C=O) groups excluding carboxylic acids is 1. The van der Waals surface area contributed by atoms with Gasteiger partial charge in [0, 0.05) is 32.2 Å². The molecule has 1 amide bonds. The van der Waals surface area contributed by atoms with E-state index < -0.39 is 5.41 Å². The van der Waals surface area contributed by atoms with Crippen molar-refractivity contribution < 1.29 is 9.21 Å². The van der Waals surface area contributed by atoms with Crippen molar-refractivity contribution in [1.82, 2.24) is 10.2 Å². The smallest absolute Gasteiger partial charge is 0.318 e. The van der Waals surface area contributed by atoms with Gasteiger partial charge >= 0.3 is 6.01 Å². The second-order valence-electron chi connectivity index (χ2n) is 6.68. The molecule has 0 N–H and O–H groups in total. The first-order chi connectivity index (χ1) is 11.7. The molecule has 6 nitrogen and oxygen atoms in total. The lowest BCUT2D eigenvalue weighted by molar-refractivity contribution is -0.123. The number of benzene rings is 1. The Morgan fingerprint density at radius 2 is 1.96 bits per heavy atom. The van der Waals surface area contributed by atoms with E-state index in [9.17, 15) is 4.79 Å². The van der Waals surface area contributed by atoms with Crippen molar-refractivity contribution in [3.8, 4) is 0 Å². The van der Waals surface area contributed by atoms with Crippen molar-refractivity contribution in [2.24, 2.45) is 0 Å². The number of carbonyl (C=O) groups is 1. The minimum atomic E-state index is -0.395. The zero-order valence-electron chi connectivity index (χ0n) is 14.2. The molecular weight excluding hydrogens is 304 g/mol. The zero-order chi connectivity index (χ0) is 16.7. The highest BCUT2D eigenvalue weighted by Crippen LogP contribution is 2.47. The Labute approximate surface area is 141 Å². The molecule has 1 saturated heterocycles. The van der Waals surface area contributed by atoms with Crippen LogP contribution >= 0.6 is 0 Å². The topological polar surface area (TPSA) is 62.5 Å². The summed E-state index contributed by atoms with van der Waals surface area (Å²) in [7, 11) is 1.87. The predicted molar refractivity (Wildman–Crippen MR) is 91.3 cm³/mol. The number of aryl methyl sites for hydroxylation is 1. The first-order valence-corrected chi connectivity index (χ1v) is 8.61. The fourth-order valence-electron chi connectivity index (χ4n) is 3.97. The van der Waals surface area contributed by atoms with E-state index in [1.54, 1.807) is 4.90 Å². The van der Waals surface area contributed by atoms with Gasteiger partial charge in [0.1, 0.15) is 0 Å². The van der Waals surface area contributed by atoms with E-state index in [1.165, 1.54) is 0 Å². The summed E-state index contributed by atoms with van der Waals surface area (Å²) in [5, 5.41) is 8.27. The first-order valence-electron chi connectivity index (χ1n) is 8.61. The van der Waals surface area contributed by atoms with Crippen molar-refractivity contribution in [3.63, 3.8) is 0 Å². The van der Waals surface area contributed by atoms with Crippen LogP contribution in [0.25, 0.3) is 0 Å². The molecule has 3 heterocycles. The third-order valence-electron chi connectivity index (χ3n) is 5.30. The maximum absolute atomic E-state index is 12.9. The normalized spacial score (nSPS) is 19.2. The van der Waals surface area contributed by atoms with E-state index in [4.69, 9.17) is 4.42 Å². The number of rotatable bonds is 3. The highest BCUT2D eigenvalue weighted by Gasteiger charge is 2.51. The summed E-state index contributed by atoms with van der Waals surface area (Å²) in [6.45, 7) is 3.59. The summed E-state index contributed by atoms with van der Waals surface area (Å²) in [5.41, 5.74) is 1.81. The summed E-state index contributed by atoms with van der Waals surface area (Å²) in [6, 6.07) is 8.72. The molecule has 0 atom stereocenters. The number of para-hydroxylation sites is 1. The number of nitrogens with zero attached hydrogens (tertiary/aromatic N) is 4. The Kier molecular flexibility index (Phi) is 3.55. The third kappa shape index (κ3) is 2.12. The lowest BCUT2D eigenvalue weighted by Gasteiger charge is -2.37. The summed E-state index contributed by atoms with van der Waals surface area (Å²) in [4.78, 5) is 16.8. The molecule has 0 unspecified atom stereocenters. The number of aromatic nitrogens is 2. The van der Waals surface area contributed by atoms with Gasteiger partial charge in [0.2, 0.25) is 11.8 Å². The number of anilines is 2. The Hall–Kier alpha value is -2.37. The molecule has 1 aromatic heterocycles. The third-order valence-corrected chi connectivity index (χ3v) is 5.30. The second kappa shape index (κ2) is 5.61. The van der Waals surface area contributed by atoms with Crippen molar-refractivity contribution >= 4 is 17.6 Å². The average molecular weight is 326 g/mol. The summed E-state index contributed by atoms with van der Waals surface area (Å²) < 4.78 is 5.74. The Balaban J connectivity index is 1.56. The van der Waals surface area contributed by atoms with E-state index >= 15 is 0 Å². The molecule has 2 aliphatic heterocycles. The van der Waals surface area contributed by atoms with Gasteiger partial charge in [-0.3, -0.25) is 4.79 Å². The van der Waals surface area contributed by atoms with Gasteiger partial charge in [0.25, 0.3) is 0 Å². The quantitative estimate of drug-likeness (QED) is 0.867. The van der Waals surface area contributed by atoms with Crippen LogP contribution in [0.3, 0.4) is 0 Å². The molecule has 2 aliphatic rings. The highest BCUT2D eigenvalue weighted by molar-refractivity contribution is 6.07. The van der Waals surface area contributed by atoms with Crippen LogP contribution in [-0.4, -0.2) is 36.2 Å². The summed E-state index contributed by atoms with van der Waals surface area (Å²) >= 11 is 0. The largest absolute Gasteiger partial charge is 0.408 e. The van der Waals surface area contributed by atoms with Gasteiger partial charge in [-0.25, -0.2) is 0 Å². The van der Waals surface area contributed by atoms with Gasteiger partial charge < -0.3 is 14.2 Å². The fourth-order valence-corrected chi connectivity index (χ4v) is 3.97. The number of piperidine rings is 1. The molecule has 4 rings (SSSR count). The van der Waals surface area contributed by atoms with E-state index in [1.807, 2.05) is 25.2 Å². The second-order valence-corrected chi connectivity index (χ2v) is 6.68. The molecule has 0 aliphatic carbocycles. The molecule has 1 aromatic carbocycles. The SMILES string of the molecule is CCCc1nnc(N2CCC3(CC2)C(=O)N(C)c2ccccc23)o1. The predicted octanol–water partition coefficient (Wildman–Crippen LogP) is 2.54. The summed E-state index contributed by atoms with van der Waals surface area (Å²) in [5.74, 6) is 0.898. The highest BCUT2D eigenvalue weighted by atomic mass is 16.4. The molecule has 126 valence electrons. The molecule has 24 heavy (non-hydrogen) atoms. The maximum Gasteiger partial charge on any atom is 0.318 e. The zero-order valence-corrected chi connectivity index (χ0v) is 14.2. The van der Waals surface area contributed by atoms with Crippen LogP contribution in [0.15, 0.2) is 28.7 Å². The van der Waals surface area contributed by atoms with Gasteiger partial charge in [0.15, 0.2) is 0 Å². The Morgan fingerprint density at radius 3 is 2.71 bits per heavy atom. The minimum absolute atomic E-state index is 0.209. The van der Waals surface area contributed by atoms with Crippen LogP contribution in [0.2, 0.25) is 0 Å². The average Bonchev–Trinajstić information content (AvgIpc) is 3.16. The molecule has 0 radical (unpaired) electrons. The fraction of sp³-hybridized carbons (Fsp3) is 0.500. The molecule has 2 aromatic rings. The Morgan fingerprint density at radius 1 is 1.21 bits per heavy atom. The maximum atomic E-state index is 12.9. The van der Waals surface area contributed by atoms with E-state index in [2.05, 4.69) is 28.1 Å². The number of hydrogen-bond acceptors (Lipinski definition) is 5. The summed E-state index contributed by atoms with van der Waals surface area (Å²) in [6.07, 6.45) is 3.35. The van der Waals surface area contributed by atoms with Crippen LogP contribution in [0.5, 0.6) is 0 Å². The molecule has 6 heteroatoms. The lowest BCUT2D eigenvalue weighted by Crippen LogP contribution is -2.48. The molecular formula is C18H22N4O2. The van der Waals surface area contributed by atoms with Crippen LogP contribution in [0.4, 0.5) is 11.7 Å². The van der Waals surface area contributed by atoms with Crippen LogP contribution < -0.4 is 9.80 Å². The number of amides is 1. The van der Waals surface area contributed by atoms with Crippen molar-refractivity contribution in [2.45, 2.75) is 38.0 Å². The molecule has 0 bridgehead atoms. The minimum Gasteiger partial charge on any atom is -0.408 e. The number of fused-ring (bicyclic) bond motifs is 2. The monoisotopic (exact) mass is 326 g/mol. The van der Waals surface area contributed by atoms with Crippen LogP contribution in [0.1, 0.15) is 37.6 Å². The lowest BCUT2D eigenvalue weighted by atomic mass is 9.74. The number of likely N-dealkylation sites (N-methyl/N-ethyl adjacent to an activating group) is 1. The van der Waals surface area contributed by atoms with Crippen molar-refractivity contribution in [2.75, 3.05) is 29.9 Å². The van der Waals surface area contributed by atoms with Gasteiger partial charge in [-0.15, -0.1) is 5.10 Å². The Bertz CT molecular complexity index is 762. The van der Waals surface area contributed by atoms with Crippen molar-refractivity contribution in [1.29, 1.82) is 0 Å². The molecule has 1 spiro atoms. The van der Waals surface area contributed by atoms with Crippen molar-refractivity contribution in [3.05, 3.63) is 35.7 Å². The van der Waals surface area contributed by atoms with Crippen LogP contribution in [0, 0.1) is 0 Å². The van der Waals surface area contributed by atoms with Gasteiger partial charge in [-0.05, 0) is 30.9 Å². The number of hydrogen-bond donors (Lipinski definition) is 0. The molecule has 1 fully saturated rings. The first kappa shape index (κ1) is 15.2. The van der Waals surface area contributed by atoms with E-state index in [0.29, 0.717) is 11.9 Å². The standard InChI is InChI=1S/C18H22N4O2/c1-3-6-15-19-20-17(24-15)22-11-9-18(10-12-22)13-7-4-5-8-14(13)21(2)16(18)23/h4-5,7-8H,3,6,9-12H2,1-2H3. The molecule has 0 saturated carbocycles. The van der Waals surface area contributed by atoms with Crippen LogP contribution in [-0.2, 0) is 16.6 Å².